The van der Waals surface area contributed by atoms with Gasteiger partial charge in [0, 0.05) is 12.2 Å². The molecule has 0 saturated heterocycles. The lowest BCUT2D eigenvalue weighted by Gasteiger charge is -2.08. The molecule has 2 amide bonds. The molecule has 0 bridgehead atoms. The molecule has 0 heterocycles. The van der Waals surface area contributed by atoms with E-state index in [-0.39, 0.29) is 25.6 Å². The van der Waals surface area contributed by atoms with Gasteiger partial charge in [0.15, 0.2) is 0 Å². The van der Waals surface area contributed by atoms with Crippen molar-refractivity contribution in [2.24, 2.45) is 0 Å². The molecule has 0 aliphatic carbocycles. The predicted octanol–water partition coefficient (Wildman–Crippen LogP) is 2.81. The molecule has 0 aliphatic rings. The first kappa shape index (κ1) is 17.0. The molecule has 6 heteroatoms. The molecule has 2 aromatic carbocycles. The molecule has 0 radical (unpaired) electrons. The highest BCUT2D eigenvalue weighted by atomic mass is 16.5. The Bertz CT molecular complexity index is 739. The molecule has 0 fully saturated rings. The number of rotatable bonds is 6. The number of para-hydroxylation sites is 1. The maximum absolute atomic E-state index is 11.7. The second-order valence-corrected chi connectivity index (χ2v) is 4.97. The van der Waals surface area contributed by atoms with E-state index in [1.54, 1.807) is 36.4 Å². The summed E-state index contributed by atoms with van der Waals surface area (Å²) in [5.41, 5.74) is 1.94. The van der Waals surface area contributed by atoms with Gasteiger partial charge in [0.1, 0.15) is 6.61 Å². The Kier molecular flexibility index (Phi) is 6.35. The van der Waals surface area contributed by atoms with E-state index >= 15 is 0 Å². The van der Waals surface area contributed by atoms with Crippen molar-refractivity contribution in [2.45, 2.75) is 13.0 Å². The van der Waals surface area contributed by atoms with Gasteiger partial charge in [-0.05, 0) is 29.8 Å². The van der Waals surface area contributed by atoms with Crippen LogP contribution in [0.15, 0.2) is 54.6 Å². The number of carbonyl (C=O) groups excluding carboxylic acids is 2. The number of esters is 1. The topological polar surface area (TPSA) is 91.2 Å². The van der Waals surface area contributed by atoms with Crippen LogP contribution in [0.5, 0.6) is 0 Å². The van der Waals surface area contributed by atoms with Crippen LogP contribution >= 0.6 is 0 Å². The SMILES string of the molecule is N#Cc1cccc(COC(=O)CCNC(=O)Nc2ccccc2)c1. The highest BCUT2D eigenvalue weighted by molar-refractivity contribution is 5.89. The molecule has 2 aromatic rings. The lowest BCUT2D eigenvalue weighted by Crippen LogP contribution is -2.30. The third-order valence-corrected chi connectivity index (χ3v) is 3.10. The summed E-state index contributed by atoms with van der Waals surface area (Å²) in [5, 5.41) is 14.0. The van der Waals surface area contributed by atoms with Crippen LogP contribution in [0.1, 0.15) is 17.5 Å². The summed E-state index contributed by atoms with van der Waals surface area (Å²) in [4.78, 5) is 23.3. The van der Waals surface area contributed by atoms with E-state index in [9.17, 15) is 9.59 Å². The number of urea groups is 1. The largest absolute Gasteiger partial charge is 0.461 e. The van der Waals surface area contributed by atoms with Gasteiger partial charge in [-0.15, -0.1) is 0 Å². The number of anilines is 1. The van der Waals surface area contributed by atoms with Gasteiger partial charge in [-0.25, -0.2) is 4.79 Å². The molecule has 6 nitrogen and oxygen atoms in total. The maximum atomic E-state index is 11.7. The van der Waals surface area contributed by atoms with Gasteiger partial charge >= 0.3 is 12.0 Å². The minimum atomic E-state index is -0.419. The second-order valence-electron chi connectivity index (χ2n) is 4.97. The smallest absolute Gasteiger partial charge is 0.319 e. The summed E-state index contributed by atoms with van der Waals surface area (Å²) in [5.74, 6) is -0.419. The average Bonchev–Trinajstić information content (AvgIpc) is 2.61. The van der Waals surface area contributed by atoms with E-state index < -0.39 is 5.97 Å². The zero-order valence-electron chi connectivity index (χ0n) is 13.0. The molecule has 2 rings (SSSR count). The summed E-state index contributed by atoms with van der Waals surface area (Å²) >= 11 is 0. The van der Waals surface area contributed by atoms with E-state index in [1.807, 2.05) is 24.3 Å². The van der Waals surface area contributed by atoms with Crippen LogP contribution in [-0.2, 0) is 16.1 Å². The van der Waals surface area contributed by atoms with Gasteiger partial charge < -0.3 is 15.4 Å². The molecule has 0 atom stereocenters. The van der Waals surface area contributed by atoms with E-state index in [0.717, 1.165) is 5.56 Å². The summed E-state index contributed by atoms with van der Waals surface area (Å²) in [6.07, 6.45) is 0.0696. The molecule has 0 aliphatic heterocycles. The van der Waals surface area contributed by atoms with Crippen molar-refractivity contribution >= 4 is 17.7 Å². The molecule has 0 saturated carbocycles. The van der Waals surface area contributed by atoms with Crippen molar-refractivity contribution in [2.75, 3.05) is 11.9 Å². The van der Waals surface area contributed by atoms with Gasteiger partial charge in [0.05, 0.1) is 18.1 Å². The number of carbonyl (C=O) groups is 2. The highest BCUT2D eigenvalue weighted by Crippen LogP contribution is 2.06. The Balaban J connectivity index is 1.66. The third-order valence-electron chi connectivity index (χ3n) is 3.10. The van der Waals surface area contributed by atoms with Crippen LogP contribution in [0.2, 0.25) is 0 Å². The number of amides is 2. The van der Waals surface area contributed by atoms with Gasteiger partial charge in [-0.3, -0.25) is 4.79 Å². The Hall–Kier alpha value is -3.33. The summed E-state index contributed by atoms with van der Waals surface area (Å²) in [6.45, 7) is 0.278. The van der Waals surface area contributed by atoms with E-state index in [1.165, 1.54) is 0 Å². The molecule has 122 valence electrons. The highest BCUT2D eigenvalue weighted by Gasteiger charge is 2.06. The zero-order chi connectivity index (χ0) is 17.2. The Morgan fingerprint density at radius 2 is 1.88 bits per heavy atom. The molecule has 2 N–H and O–H groups in total. The number of nitriles is 1. The minimum absolute atomic E-state index is 0.0696. The third kappa shape index (κ3) is 5.81. The Labute approximate surface area is 140 Å². The lowest BCUT2D eigenvalue weighted by atomic mass is 10.1. The zero-order valence-corrected chi connectivity index (χ0v) is 13.0. The summed E-state index contributed by atoms with van der Waals surface area (Å²) in [7, 11) is 0. The first-order valence-corrected chi connectivity index (χ1v) is 7.42. The van der Waals surface area contributed by atoms with Crippen molar-refractivity contribution in [3.63, 3.8) is 0 Å². The quantitative estimate of drug-likeness (QED) is 0.800. The fraction of sp³-hybridized carbons (Fsp3) is 0.167. The van der Waals surface area contributed by atoms with Gasteiger partial charge in [0.2, 0.25) is 0 Å². The molecule has 24 heavy (non-hydrogen) atoms. The summed E-state index contributed by atoms with van der Waals surface area (Å²) in [6, 6.07) is 17.5. The van der Waals surface area contributed by atoms with E-state index in [0.29, 0.717) is 11.3 Å². The molecular formula is C18H17N3O3. The van der Waals surface area contributed by atoms with E-state index in [2.05, 4.69) is 10.6 Å². The summed E-state index contributed by atoms with van der Waals surface area (Å²) < 4.78 is 5.11. The first-order valence-electron chi connectivity index (χ1n) is 7.42. The minimum Gasteiger partial charge on any atom is -0.461 e. The molecular weight excluding hydrogens is 306 g/mol. The first-order chi connectivity index (χ1) is 11.7. The van der Waals surface area contributed by atoms with E-state index in [4.69, 9.17) is 10.00 Å². The average molecular weight is 323 g/mol. The van der Waals surface area contributed by atoms with Crippen molar-refractivity contribution < 1.29 is 14.3 Å². The van der Waals surface area contributed by atoms with Gasteiger partial charge in [-0.1, -0.05) is 30.3 Å². The van der Waals surface area contributed by atoms with Crippen LogP contribution in [0.4, 0.5) is 10.5 Å². The van der Waals surface area contributed by atoms with Crippen molar-refractivity contribution in [1.82, 2.24) is 5.32 Å². The molecule has 0 aromatic heterocycles. The standard InChI is InChI=1S/C18H17N3O3/c19-12-14-5-4-6-15(11-14)13-24-17(22)9-10-20-18(23)21-16-7-2-1-3-8-16/h1-8,11H,9-10,13H2,(H2,20,21,23). The van der Waals surface area contributed by atoms with Gasteiger partial charge in [-0.2, -0.15) is 5.26 Å². The molecule has 0 spiro atoms. The number of hydrogen-bond donors (Lipinski definition) is 2. The second kappa shape index (κ2) is 8.96. The fourth-order valence-electron chi connectivity index (χ4n) is 1.94. The Morgan fingerprint density at radius 1 is 1.08 bits per heavy atom. The maximum Gasteiger partial charge on any atom is 0.319 e. The number of benzene rings is 2. The number of hydrogen-bond acceptors (Lipinski definition) is 4. The number of nitrogens with zero attached hydrogens (tertiary/aromatic N) is 1. The van der Waals surface area contributed by atoms with Crippen LogP contribution in [-0.4, -0.2) is 18.5 Å². The monoisotopic (exact) mass is 323 g/mol. The Morgan fingerprint density at radius 3 is 2.62 bits per heavy atom. The van der Waals surface area contributed by atoms with Gasteiger partial charge in [0.25, 0.3) is 0 Å². The number of nitrogens with one attached hydrogen (secondary N) is 2. The van der Waals surface area contributed by atoms with Crippen LogP contribution in [0.25, 0.3) is 0 Å². The van der Waals surface area contributed by atoms with Crippen LogP contribution in [0, 0.1) is 11.3 Å². The van der Waals surface area contributed by atoms with Crippen LogP contribution in [0.3, 0.4) is 0 Å². The number of ether oxygens (including phenoxy) is 1. The predicted molar refractivity (Wildman–Crippen MR) is 89.0 cm³/mol. The van der Waals surface area contributed by atoms with Crippen molar-refractivity contribution in [3.8, 4) is 6.07 Å². The van der Waals surface area contributed by atoms with Crippen molar-refractivity contribution in [3.05, 3.63) is 65.7 Å². The fourth-order valence-corrected chi connectivity index (χ4v) is 1.94. The molecule has 0 unspecified atom stereocenters. The van der Waals surface area contributed by atoms with Crippen molar-refractivity contribution in [1.29, 1.82) is 5.26 Å². The lowest BCUT2D eigenvalue weighted by molar-refractivity contribution is -0.144. The van der Waals surface area contributed by atoms with Crippen LogP contribution < -0.4 is 10.6 Å². The normalized spacial score (nSPS) is 9.62.